The Bertz CT molecular complexity index is 1710. The molecule has 0 unspecified atom stereocenters. The largest absolute Gasteiger partial charge is 0.507 e. The van der Waals surface area contributed by atoms with E-state index >= 15 is 0 Å². The van der Waals surface area contributed by atoms with Gasteiger partial charge in [-0.05, 0) is 61.1 Å². The number of carbonyl (C=O) groups excluding carboxylic acids is 3. The Morgan fingerprint density at radius 1 is 0.659 bits per heavy atom. The minimum atomic E-state index is -0.987. The summed E-state index contributed by atoms with van der Waals surface area (Å²) in [5.41, 5.74) is 2.45. The second-order valence-electron chi connectivity index (χ2n) is 10.1. The van der Waals surface area contributed by atoms with E-state index in [1.54, 1.807) is 35.7 Å². The molecule has 0 aromatic heterocycles. The second-order valence-corrected chi connectivity index (χ2v) is 12.1. The van der Waals surface area contributed by atoms with Gasteiger partial charge in [0.25, 0.3) is 0 Å². The highest BCUT2D eigenvalue weighted by molar-refractivity contribution is 7.98. The van der Waals surface area contributed by atoms with Crippen molar-refractivity contribution >= 4 is 63.5 Å². The average Bonchev–Trinajstić information content (AvgIpc) is 3.25. The predicted octanol–water partition coefficient (Wildman–Crippen LogP) is 6.50. The zero-order chi connectivity index (χ0) is 31.2. The zero-order valence-corrected chi connectivity index (χ0v) is 26.0. The maximum atomic E-state index is 13.4. The van der Waals surface area contributed by atoms with Gasteiger partial charge in [-0.1, -0.05) is 36.4 Å². The molecule has 0 aliphatic heterocycles. The lowest BCUT2D eigenvalue weighted by Crippen LogP contribution is -2.26. The summed E-state index contributed by atoms with van der Waals surface area (Å²) in [5, 5.41) is 22.3. The molecule has 0 amide bonds. The number of allylic oxidation sites excluding steroid dienone is 6. The molecular weight excluding hydrogens is 593 g/mol. The minimum Gasteiger partial charge on any atom is -0.507 e. The number of anilines is 3. The lowest BCUT2D eigenvalue weighted by atomic mass is 9.96. The zero-order valence-electron chi connectivity index (χ0n) is 24.4. The van der Waals surface area contributed by atoms with Crippen LogP contribution in [-0.4, -0.2) is 64.7 Å². The summed E-state index contributed by atoms with van der Waals surface area (Å²) in [6.07, 6.45) is 8.62. The summed E-state index contributed by atoms with van der Waals surface area (Å²) in [5.74, 6) is -1.67. The third kappa shape index (κ3) is 6.25. The number of phenols is 1. The van der Waals surface area contributed by atoms with Crippen LogP contribution in [0, 0.1) is 0 Å². The Labute approximate surface area is 265 Å². The maximum absolute atomic E-state index is 13.4. The Morgan fingerprint density at radius 3 is 1.80 bits per heavy atom. The summed E-state index contributed by atoms with van der Waals surface area (Å²) in [7, 11) is 0. The first-order valence-electron chi connectivity index (χ1n) is 14.0. The van der Waals surface area contributed by atoms with E-state index in [4.69, 9.17) is 0 Å². The van der Waals surface area contributed by atoms with E-state index in [1.165, 1.54) is 24.3 Å². The van der Waals surface area contributed by atoms with Crippen molar-refractivity contribution in [3.63, 3.8) is 0 Å². The van der Waals surface area contributed by atoms with Crippen molar-refractivity contribution in [3.05, 3.63) is 125 Å². The molecule has 0 spiro atoms. The van der Waals surface area contributed by atoms with E-state index in [9.17, 15) is 24.6 Å². The van der Waals surface area contributed by atoms with Crippen LogP contribution in [0.2, 0.25) is 0 Å². The van der Waals surface area contributed by atoms with Gasteiger partial charge in [-0.15, -0.1) is 0 Å². The molecule has 7 nitrogen and oxygen atoms in total. The molecule has 3 aromatic rings. The fraction of sp³-hybridized carbons (Fsp3) is 0.171. The molecule has 2 aliphatic rings. The van der Waals surface area contributed by atoms with Crippen LogP contribution < -0.4 is 9.80 Å². The molecule has 44 heavy (non-hydrogen) atoms. The van der Waals surface area contributed by atoms with Gasteiger partial charge >= 0.3 is 0 Å². The minimum absolute atomic E-state index is 0.0221. The molecule has 0 radical (unpaired) electrons. The van der Waals surface area contributed by atoms with Crippen molar-refractivity contribution in [2.24, 2.45) is 0 Å². The van der Waals surface area contributed by atoms with Gasteiger partial charge in [0.2, 0.25) is 11.6 Å². The van der Waals surface area contributed by atoms with Crippen LogP contribution in [-0.2, 0) is 14.4 Å². The number of thioether (sulfide) groups is 2. The van der Waals surface area contributed by atoms with Crippen molar-refractivity contribution in [1.29, 1.82) is 0 Å². The number of ketones is 3. The first kappa shape index (κ1) is 31.0. The first-order valence-corrected chi connectivity index (χ1v) is 16.8. The number of para-hydroxylation sites is 2. The molecule has 5 rings (SSSR count). The fourth-order valence-corrected chi connectivity index (χ4v) is 5.98. The van der Waals surface area contributed by atoms with E-state index in [0.717, 1.165) is 22.9 Å². The molecule has 224 valence electrons. The average molecular weight is 625 g/mol. The normalized spacial score (nSPS) is 16.5. The molecule has 3 aromatic carbocycles. The lowest BCUT2D eigenvalue weighted by molar-refractivity contribution is -0.130. The number of aliphatic hydroxyl groups is 1. The van der Waals surface area contributed by atoms with E-state index in [0.29, 0.717) is 24.5 Å². The Hall–Kier alpha value is -4.47. The highest BCUT2D eigenvalue weighted by atomic mass is 32.2. The van der Waals surface area contributed by atoms with Crippen LogP contribution in [0.15, 0.2) is 120 Å². The number of hydrogen-bond donors (Lipinski definition) is 2. The quantitative estimate of drug-likeness (QED) is 0.183. The van der Waals surface area contributed by atoms with Crippen LogP contribution in [0.4, 0.5) is 17.1 Å². The number of phenolic OH excluding ortho intramolecular Hbond substituents is 1. The third-order valence-corrected chi connectivity index (χ3v) is 8.60. The van der Waals surface area contributed by atoms with Gasteiger partial charge in [0.05, 0.1) is 11.1 Å². The fourth-order valence-electron chi connectivity index (χ4n) is 5.25. The number of hydrogen-bond acceptors (Lipinski definition) is 9. The van der Waals surface area contributed by atoms with Crippen molar-refractivity contribution in [3.8, 4) is 5.75 Å². The summed E-state index contributed by atoms with van der Waals surface area (Å²) in [6, 6.07) is 24.1. The SMILES string of the molecule is CSCCN(C1=CC(=O)C(=C2C(=O)C(=O)C(c3ccc(N(CCSC)c4ccccc4)cc3O)=C2O)C=C1)c1ccccc1. The number of benzene rings is 3. The Balaban J connectivity index is 1.49. The van der Waals surface area contributed by atoms with Crippen molar-refractivity contribution in [1.82, 2.24) is 0 Å². The summed E-state index contributed by atoms with van der Waals surface area (Å²) in [4.78, 5) is 43.8. The molecular formula is C35H32N2O5S2. The van der Waals surface area contributed by atoms with Crippen molar-refractivity contribution in [2.45, 2.75) is 0 Å². The van der Waals surface area contributed by atoms with Gasteiger partial charge in [0, 0.05) is 70.6 Å². The monoisotopic (exact) mass is 624 g/mol. The molecule has 2 aliphatic carbocycles. The number of nitrogens with zero attached hydrogens (tertiary/aromatic N) is 2. The van der Waals surface area contributed by atoms with Crippen molar-refractivity contribution < 1.29 is 24.6 Å². The molecule has 0 atom stereocenters. The number of Topliss-reactive ketones (excluding diaryl/α,β-unsaturated/α-hetero) is 2. The number of carbonyl (C=O) groups is 3. The molecule has 0 bridgehead atoms. The Kier molecular flexibility index (Phi) is 9.77. The van der Waals surface area contributed by atoms with E-state index in [-0.39, 0.29) is 28.0 Å². The molecule has 0 saturated heterocycles. The van der Waals surface area contributed by atoms with Crippen LogP contribution >= 0.6 is 23.5 Å². The molecule has 0 fully saturated rings. The Morgan fingerprint density at radius 2 is 1.23 bits per heavy atom. The van der Waals surface area contributed by atoms with Gasteiger partial charge < -0.3 is 20.0 Å². The third-order valence-electron chi connectivity index (χ3n) is 7.42. The van der Waals surface area contributed by atoms with Crippen LogP contribution in [0.3, 0.4) is 0 Å². The summed E-state index contributed by atoms with van der Waals surface area (Å²) >= 11 is 3.38. The smallest absolute Gasteiger partial charge is 0.238 e. The second kappa shape index (κ2) is 13.9. The first-order chi connectivity index (χ1) is 21.3. The van der Waals surface area contributed by atoms with E-state index < -0.39 is 23.1 Å². The van der Waals surface area contributed by atoms with Gasteiger partial charge in [-0.3, -0.25) is 14.4 Å². The summed E-state index contributed by atoms with van der Waals surface area (Å²) < 4.78 is 0. The molecule has 2 N–H and O–H groups in total. The molecule has 9 heteroatoms. The highest BCUT2D eigenvalue weighted by Gasteiger charge is 2.41. The van der Waals surface area contributed by atoms with E-state index in [2.05, 4.69) is 0 Å². The number of aliphatic hydroxyl groups excluding tert-OH is 1. The van der Waals surface area contributed by atoms with Crippen LogP contribution in [0.1, 0.15) is 5.56 Å². The standard InChI is InChI=1S/C35H32N2O5S2/c1-43-19-17-36(23-9-5-3-6-10-23)25-13-15-27(29(38)21-25)31-33(40)32(35(42)34(31)41)28-16-14-26(22-30(28)39)37(18-20-44-2)24-11-7-4-8-12-24/h3-16,21-22,38,40H,17-20H2,1-2H3. The maximum Gasteiger partial charge on any atom is 0.238 e. The van der Waals surface area contributed by atoms with Crippen LogP contribution in [0.5, 0.6) is 5.75 Å². The molecule has 0 saturated carbocycles. The summed E-state index contributed by atoms with van der Waals surface area (Å²) in [6.45, 7) is 1.33. The topological polar surface area (TPSA) is 98.2 Å². The van der Waals surface area contributed by atoms with Gasteiger partial charge in [0.1, 0.15) is 11.5 Å². The van der Waals surface area contributed by atoms with Gasteiger partial charge in [-0.2, -0.15) is 23.5 Å². The highest BCUT2D eigenvalue weighted by Crippen LogP contribution is 2.40. The number of aromatic hydroxyl groups is 1. The number of rotatable bonds is 11. The lowest BCUT2D eigenvalue weighted by Gasteiger charge is -2.27. The van der Waals surface area contributed by atoms with Crippen LogP contribution in [0.25, 0.3) is 5.57 Å². The van der Waals surface area contributed by atoms with Gasteiger partial charge in [-0.25, -0.2) is 0 Å². The van der Waals surface area contributed by atoms with E-state index in [1.807, 2.05) is 83.0 Å². The molecule has 0 heterocycles. The van der Waals surface area contributed by atoms with Gasteiger partial charge in [0.15, 0.2) is 5.78 Å². The predicted molar refractivity (Wildman–Crippen MR) is 181 cm³/mol. The van der Waals surface area contributed by atoms with Crippen molar-refractivity contribution in [2.75, 3.05) is 46.9 Å².